The molecule has 0 spiro atoms. The van der Waals surface area contributed by atoms with Gasteiger partial charge in [0.25, 0.3) is 0 Å². The molecular weight excluding hydrogens is 368 g/mol. The molecule has 2 N–H and O–H groups in total. The predicted octanol–water partition coefficient (Wildman–Crippen LogP) is 2.33. The first kappa shape index (κ1) is 15.9. The van der Waals surface area contributed by atoms with Crippen molar-refractivity contribution in [2.24, 2.45) is 7.05 Å². The van der Waals surface area contributed by atoms with E-state index in [9.17, 15) is 17.2 Å². The Bertz CT molecular complexity index is 795. The number of nitrogens with two attached hydrogens (primary N) is 1. The fraction of sp³-hybridized carbons (Fsp3) is 0.250. The van der Waals surface area contributed by atoms with Crippen LogP contribution >= 0.6 is 15.9 Å². The molecule has 1 aromatic carbocycles. The Kier molecular flexibility index (Phi) is 4.07. The highest BCUT2D eigenvalue weighted by molar-refractivity contribution is 9.10. The molecule has 0 atom stereocenters. The van der Waals surface area contributed by atoms with Gasteiger partial charge in [0.15, 0.2) is 9.84 Å². The number of sulfone groups is 1. The Labute approximate surface area is 128 Å². The van der Waals surface area contributed by atoms with E-state index in [1.54, 1.807) is 14.0 Å². The van der Waals surface area contributed by atoms with Crippen LogP contribution in [0.1, 0.15) is 11.4 Å². The van der Waals surface area contributed by atoms with Gasteiger partial charge in [-0.15, -0.1) is 0 Å². The van der Waals surface area contributed by atoms with Crippen molar-refractivity contribution in [1.82, 2.24) is 9.78 Å². The van der Waals surface area contributed by atoms with Crippen molar-refractivity contribution >= 4 is 31.5 Å². The van der Waals surface area contributed by atoms with E-state index in [1.807, 2.05) is 0 Å². The number of benzene rings is 1. The number of halogens is 3. The molecular formula is C12H12BrF2N3O2S. The van der Waals surface area contributed by atoms with Gasteiger partial charge in [0.2, 0.25) is 0 Å². The van der Waals surface area contributed by atoms with E-state index in [0.29, 0.717) is 15.9 Å². The Hall–Kier alpha value is -1.48. The number of hydrogen-bond acceptors (Lipinski definition) is 4. The lowest BCUT2D eigenvalue weighted by Gasteiger charge is -2.08. The first-order valence-corrected chi connectivity index (χ1v) is 8.23. The standard InChI is InChI=1S/C12H12BrF2N3O2S/c1-6-11(13)10(18(2)17-6)5-21(19,20)12-8(14)3-7(16)4-9(12)15/h3-4H,5,16H2,1-2H3. The highest BCUT2D eigenvalue weighted by Crippen LogP contribution is 2.28. The van der Waals surface area contributed by atoms with Crippen LogP contribution in [0.2, 0.25) is 0 Å². The van der Waals surface area contributed by atoms with Gasteiger partial charge in [-0.1, -0.05) is 0 Å². The molecule has 0 aliphatic carbocycles. The lowest BCUT2D eigenvalue weighted by Crippen LogP contribution is -2.13. The van der Waals surface area contributed by atoms with Crippen molar-refractivity contribution in [2.75, 3.05) is 5.73 Å². The van der Waals surface area contributed by atoms with Crippen molar-refractivity contribution in [3.63, 3.8) is 0 Å². The molecule has 0 aliphatic heterocycles. The third-order valence-corrected chi connectivity index (χ3v) is 5.62. The van der Waals surface area contributed by atoms with Gasteiger partial charge in [-0.05, 0) is 35.0 Å². The summed E-state index contributed by atoms with van der Waals surface area (Å²) >= 11 is 3.22. The van der Waals surface area contributed by atoms with Crippen LogP contribution in [-0.2, 0) is 22.6 Å². The van der Waals surface area contributed by atoms with Gasteiger partial charge in [-0.2, -0.15) is 5.10 Å². The van der Waals surface area contributed by atoms with Crippen molar-refractivity contribution in [3.05, 3.63) is 39.6 Å². The molecule has 0 radical (unpaired) electrons. The number of rotatable bonds is 3. The second-order valence-corrected chi connectivity index (χ2v) is 7.26. The molecule has 0 bridgehead atoms. The summed E-state index contributed by atoms with van der Waals surface area (Å²) in [5, 5.41) is 4.05. The molecule has 1 aromatic heterocycles. The monoisotopic (exact) mass is 379 g/mol. The molecule has 9 heteroatoms. The van der Waals surface area contributed by atoms with E-state index >= 15 is 0 Å². The van der Waals surface area contributed by atoms with Crippen molar-refractivity contribution in [2.45, 2.75) is 17.6 Å². The number of aromatic nitrogens is 2. The number of hydrogen-bond donors (Lipinski definition) is 1. The average Bonchev–Trinajstić information content (AvgIpc) is 2.53. The molecule has 2 rings (SSSR count). The average molecular weight is 380 g/mol. The maximum atomic E-state index is 13.8. The quantitative estimate of drug-likeness (QED) is 0.830. The van der Waals surface area contributed by atoms with Crippen LogP contribution in [0, 0.1) is 18.6 Å². The minimum atomic E-state index is -4.22. The Morgan fingerprint density at radius 2 is 1.86 bits per heavy atom. The van der Waals surface area contributed by atoms with Crippen LogP contribution in [0.15, 0.2) is 21.5 Å². The van der Waals surface area contributed by atoms with Gasteiger partial charge in [0, 0.05) is 12.7 Å². The Balaban J connectivity index is 2.54. The molecule has 1 heterocycles. The molecule has 0 amide bonds. The summed E-state index contributed by atoms with van der Waals surface area (Å²) in [5.74, 6) is -2.99. The largest absolute Gasteiger partial charge is 0.399 e. The van der Waals surface area contributed by atoms with Crippen molar-refractivity contribution in [3.8, 4) is 0 Å². The van der Waals surface area contributed by atoms with Gasteiger partial charge in [-0.25, -0.2) is 17.2 Å². The van der Waals surface area contributed by atoms with E-state index in [-0.39, 0.29) is 5.69 Å². The normalized spacial score (nSPS) is 11.9. The van der Waals surface area contributed by atoms with Gasteiger partial charge in [-0.3, -0.25) is 4.68 Å². The van der Waals surface area contributed by atoms with E-state index in [2.05, 4.69) is 21.0 Å². The van der Waals surface area contributed by atoms with Gasteiger partial charge < -0.3 is 5.73 Å². The number of anilines is 1. The first-order chi connectivity index (χ1) is 9.63. The van der Waals surface area contributed by atoms with E-state index < -0.39 is 32.1 Å². The number of aryl methyl sites for hydroxylation is 2. The van der Waals surface area contributed by atoms with Crippen LogP contribution in [-0.4, -0.2) is 18.2 Å². The number of nitrogen functional groups attached to an aromatic ring is 1. The minimum Gasteiger partial charge on any atom is -0.399 e. The molecule has 0 saturated carbocycles. The second kappa shape index (κ2) is 5.38. The second-order valence-electron chi connectivity index (χ2n) is 4.54. The SMILES string of the molecule is Cc1nn(C)c(CS(=O)(=O)c2c(F)cc(N)cc2F)c1Br. The molecule has 0 fully saturated rings. The van der Waals surface area contributed by atoms with Gasteiger partial charge >= 0.3 is 0 Å². The van der Waals surface area contributed by atoms with E-state index in [0.717, 1.165) is 12.1 Å². The Morgan fingerprint density at radius 3 is 2.29 bits per heavy atom. The van der Waals surface area contributed by atoms with E-state index in [4.69, 9.17) is 5.73 Å². The molecule has 0 saturated heterocycles. The number of nitrogens with zero attached hydrogens (tertiary/aromatic N) is 2. The molecule has 0 aliphatic rings. The molecule has 21 heavy (non-hydrogen) atoms. The zero-order valence-corrected chi connectivity index (χ0v) is 13.6. The van der Waals surface area contributed by atoms with Gasteiger partial charge in [0.05, 0.1) is 21.6 Å². The summed E-state index contributed by atoms with van der Waals surface area (Å²) in [6, 6.07) is 1.55. The molecule has 0 unspecified atom stereocenters. The van der Waals surface area contributed by atoms with Crippen molar-refractivity contribution in [1.29, 1.82) is 0 Å². The summed E-state index contributed by atoms with van der Waals surface area (Å²) in [7, 11) is -2.67. The van der Waals surface area contributed by atoms with Gasteiger partial charge in [0.1, 0.15) is 16.5 Å². The highest BCUT2D eigenvalue weighted by atomic mass is 79.9. The maximum Gasteiger partial charge on any atom is 0.189 e. The van der Waals surface area contributed by atoms with E-state index in [1.165, 1.54) is 4.68 Å². The zero-order valence-electron chi connectivity index (χ0n) is 11.2. The topological polar surface area (TPSA) is 78.0 Å². The molecule has 5 nitrogen and oxygen atoms in total. The fourth-order valence-corrected chi connectivity index (χ4v) is 4.17. The van der Waals surface area contributed by atoms with Crippen molar-refractivity contribution < 1.29 is 17.2 Å². The third kappa shape index (κ3) is 2.93. The van der Waals surface area contributed by atoms with Crippen LogP contribution in [0.3, 0.4) is 0 Å². The lowest BCUT2D eigenvalue weighted by atomic mass is 10.3. The van der Waals surface area contributed by atoms with Crippen LogP contribution < -0.4 is 5.73 Å². The highest BCUT2D eigenvalue weighted by Gasteiger charge is 2.27. The smallest absolute Gasteiger partial charge is 0.189 e. The fourth-order valence-electron chi connectivity index (χ4n) is 1.97. The predicted molar refractivity (Wildman–Crippen MR) is 77.3 cm³/mol. The Morgan fingerprint density at radius 1 is 1.33 bits per heavy atom. The summed E-state index contributed by atoms with van der Waals surface area (Å²) in [4.78, 5) is -0.984. The first-order valence-electron chi connectivity index (χ1n) is 5.78. The maximum absolute atomic E-state index is 13.8. The summed E-state index contributed by atoms with van der Waals surface area (Å²) in [5.41, 5.74) is 5.99. The van der Waals surface area contributed by atoms with Crippen LogP contribution in [0.25, 0.3) is 0 Å². The zero-order chi connectivity index (χ0) is 15.9. The lowest BCUT2D eigenvalue weighted by molar-refractivity contribution is 0.519. The minimum absolute atomic E-state index is 0.179. The van der Waals surface area contributed by atoms with Crippen LogP contribution in [0.5, 0.6) is 0 Å². The molecule has 114 valence electrons. The summed E-state index contributed by atoms with van der Waals surface area (Å²) in [6.45, 7) is 1.69. The third-order valence-electron chi connectivity index (χ3n) is 2.92. The molecule has 2 aromatic rings. The summed E-state index contributed by atoms with van der Waals surface area (Å²) < 4.78 is 54.0. The van der Waals surface area contributed by atoms with Crippen LogP contribution in [0.4, 0.5) is 14.5 Å². The summed E-state index contributed by atoms with van der Waals surface area (Å²) in [6.07, 6.45) is 0.